The highest BCUT2D eigenvalue weighted by Gasteiger charge is 2.37. The van der Waals surface area contributed by atoms with Gasteiger partial charge in [-0.15, -0.1) is 11.3 Å². The number of ether oxygens (including phenoxy) is 1. The number of piperidine rings is 1. The first-order chi connectivity index (χ1) is 14.6. The van der Waals surface area contributed by atoms with Crippen molar-refractivity contribution in [1.82, 2.24) is 15.1 Å². The van der Waals surface area contributed by atoms with Crippen molar-refractivity contribution in [3.63, 3.8) is 0 Å². The highest BCUT2D eigenvalue weighted by molar-refractivity contribution is 7.12. The molecule has 8 nitrogen and oxygen atoms in total. The van der Waals surface area contributed by atoms with Gasteiger partial charge in [-0.3, -0.25) is 14.4 Å². The molecule has 160 valence electrons. The molecule has 9 heteroatoms. The Morgan fingerprint density at radius 1 is 1.03 bits per heavy atom. The second kappa shape index (κ2) is 9.44. The molecule has 1 unspecified atom stereocenters. The largest absolute Gasteiger partial charge is 0.459 e. The van der Waals surface area contributed by atoms with Gasteiger partial charge < -0.3 is 24.3 Å². The number of likely N-dealkylation sites (tertiary alicyclic amines) is 1. The molecule has 0 saturated carbocycles. The summed E-state index contributed by atoms with van der Waals surface area (Å²) in [5.74, 6) is -0.160. The molecule has 0 aliphatic carbocycles. The minimum Gasteiger partial charge on any atom is -0.459 e. The fraction of sp³-hybridized carbons (Fsp3) is 0.476. The summed E-state index contributed by atoms with van der Waals surface area (Å²) < 4.78 is 10.6. The Kier molecular flexibility index (Phi) is 6.49. The average molecular weight is 432 g/mol. The van der Waals surface area contributed by atoms with Crippen LogP contribution < -0.4 is 5.32 Å². The predicted molar refractivity (Wildman–Crippen MR) is 110 cm³/mol. The maximum absolute atomic E-state index is 13.3. The van der Waals surface area contributed by atoms with Gasteiger partial charge >= 0.3 is 0 Å². The molecule has 2 aromatic rings. The van der Waals surface area contributed by atoms with E-state index in [1.165, 1.54) is 17.6 Å². The zero-order valence-electron chi connectivity index (χ0n) is 16.6. The fourth-order valence-electron chi connectivity index (χ4n) is 3.97. The minimum absolute atomic E-state index is 0.0371. The number of rotatable bonds is 5. The molecule has 2 aromatic heterocycles. The summed E-state index contributed by atoms with van der Waals surface area (Å²) in [7, 11) is 0. The topological polar surface area (TPSA) is 92.1 Å². The third kappa shape index (κ3) is 4.57. The first kappa shape index (κ1) is 20.6. The average Bonchev–Trinajstić information content (AvgIpc) is 3.52. The van der Waals surface area contributed by atoms with Gasteiger partial charge in [0, 0.05) is 26.2 Å². The second-order valence-electron chi connectivity index (χ2n) is 7.47. The van der Waals surface area contributed by atoms with Crippen molar-refractivity contribution in [3.8, 4) is 0 Å². The summed E-state index contributed by atoms with van der Waals surface area (Å²) >= 11 is 1.35. The van der Waals surface area contributed by atoms with E-state index >= 15 is 0 Å². The number of thiophene rings is 1. The van der Waals surface area contributed by atoms with Crippen LogP contribution in [0.25, 0.3) is 0 Å². The van der Waals surface area contributed by atoms with Gasteiger partial charge in [-0.05, 0) is 42.3 Å². The van der Waals surface area contributed by atoms with E-state index in [4.69, 9.17) is 9.15 Å². The molecule has 3 amide bonds. The highest BCUT2D eigenvalue weighted by Crippen LogP contribution is 2.24. The molecule has 2 aliphatic heterocycles. The zero-order valence-corrected chi connectivity index (χ0v) is 17.4. The Balaban J connectivity index is 1.44. The van der Waals surface area contributed by atoms with Gasteiger partial charge in [-0.2, -0.15) is 0 Å². The Bertz CT molecular complexity index is 853. The van der Waals surface area contributed by atoms with E-state index in [0.717, 1.165) is 0 Å². The maximum Gasteiger partial charge on any atom is 0.289 e. The van der Waals surface area contributed by atoms with Gasteiger partial charge in [0.05, 0.1) is 24.4 Å². The molecule has 4 rings (SSSR count). The van der Waals surface area contributed by atoms with Crippen molar-refractivity contribution in [3.05, 3.63) is 46.5 Å². The van der Waals surface area contributed by atoms with Crippen LogP contribution in [-0.4, -0.2) is 73.0 Å². The van der Waals surface area contributed by atoms with Crippen molar-refractivity contribution in [1.29, 1.82) is 0 Å². The third-order valence-corrected chi connectivity index (χ3v) is 6.52. The molecule has 2 saturated heterocycles. The van der Waals surface area contributed by atoms with Crippen LogP contribution in [0.4, 0.5) is 0 Å². The van der Waals surface area contributed by atoms with Crippen LogP contribution in [0.1, 0.15) is 33.1 Å². The number of nitrogens with one attached hydrogen (secondary N) is 1. The van der Waals surface area contributed by atoms with Crippen molar-refractivity contribution in [2.24, 2.45) is 5.92 Å². The summed E-state index contributed by atoms with van der Waals surface area (Å²) in [5, 5.41) is 4.82. The Morgan fingerprint density at radius 3 is 2.43 bits per heavy atom. The fourth-order valence-corrected chi connectivity index (χ4v) is 4.60. The van der Waals surface area contributed by atoms with Crippen LogP contribution in [0.3, 0.4) is 0 Å². The van der Waals surface area contributed by atoms with E-state index in [1.54, 1.807) is 28.0 Å². The minimum atomic E-state index is -0.612. The van der Waals surface area contributed by atoms with E-state index in [0.29, 0.717) is 62.9 Å². The number of amides is 3. The molecular formula is C21H25N3O5S. The Hall–Kier alpha value is -2.65. The molecule has 2 aliphatic rings. The van der Waals surface area contributed by atoms with Crippen LogP contribution in [0.15, 0.2) is 40.3 Å². The maximum atomic E-state index is 13.3. The molecule has 4 heterocycles. The lowest BCUT2D eigenvalue weighted by Gasteiger charge is -2.38. The van der Waals surface area contributed by atoms with Crippen molar-refractivity contribution in [2.45, 2.75) is 18.9 Å². The number of carbonyl (C=O) groups excluding carboxylic acids is 3. The summed E-state index contributed by atoms with van der Waals surface area (Å²) in [6.45, 7) is 3.11. The van der Waals surface area contributed by atoms with Crippen molar-refractivity contribution < 1.29 is 23.5 Å². The molecule has 0 spiro atoms. The van der Waals surface area contributed by atoms with E-state index in [1.807, 2.05) is 11.4 Å². The SMILES string of the molecule is O=C(NC(C(=O)N1CCOCC1)C1CCN(C(=O)c2ccco2)CC1)c1cccs1. The van der Waals surface area contributed by atoms with E-state index in [9.17, 15) is 14.4 Å². The lowest BCUT2D eigenvalue weighted by molar-refractivity contribution is -0.139. The summed E-state index contributed by atoms with van der Waals surface area (Å²) in [5.41, 5.74) is 0. The lowest BCUT2D eigenvalue weighted by atomic mass is 9.88. The van der Waals surface area contributed by atoms with Gasteiger partial charge in [0.15, 0.2) is 5.76 Å². The van der Waals surface area contributed by atoms with E-state index < -0.39 is 6.04 Å². The van der Waals surface area contributed by atoms with Crippen LogP contribution >= 0.6 is 11.3 Å². The predicted octanol–water partition coefficient (Wildman–Crippen LogP) is 1.85. The van der Waals surface area contributed by atoms with Crippen molar-refractivity contribution >= 4 is 29.1 Å². The van der Waals surface area contributed by atoms with Gasteiger partial charge in [-0.25, -0.2) is 0 Å². The van der Waals surface area contributed by atoms with Crippen LogP contribution in [0.2, 0.25) is 0 Å². The second-order valence-corrected chi connectivity index (χ2v) is 8.42. The number of hydrogen-bond acceptors (Lipinski definition) is 6. The Labute approximate surface area is 178 Å². The zero-order chi connectivity index (χ0) is 20.9. The van der Waals surface area contributed by atoms with Gasteiger partial charge in [0.25, 0.3) is 11.8 Å². The monoisotopic (exact) mass is 431 g/mol. The molecule has 0 radical (unpaired) electrons. The molecule has 1 atom stereocenters. The third-order valence-electron chi connectivity index (χ3n) is 5.65. The van der Waals surface area contributed by atoms with Gasteiger partial charge in [0.1, 0.15) is 6.04 Å². The molecular weight excluding hydrogens is 406 g/mol. The number of furan rings is 1. The smallest absolute Gasteiger partial charge is 0.289 e. The van der Waals surface area contributed by atoms with Gasteiger partial charge in [0.2, 0.25) is 5.91 Å². The molecule has 30 heavy (non-hydrogen) atoms. The molecule has 1 N–H and O–H groups in total. The van der Waals surface area contributed by atoms with Crippen LogP contribution in [-0.2, 0) is 9.53 Å². The van der Waals surface area contributed by atoms with Crippen LogP contribution in [0, 0.1) is 5.92 Å². The first-order valence-electron chi connectivity index (χ1n) is 10.2. The summed E-state index contributed by atoms with van der Waals surface area (Å²) in [6, 6.07) is 6.30. The van der Waals surface area contributed by atoms with Gasteiger partial charge in [-0.1, -0.05) is 6.07 Å². The number of carbonyl (C=O) groups is 3. The normalized spacial score (nSPS) is 18.8. The molecule has 0 bridgehead atoms. The van der Waals surface area contributed by atoms with Crippen molar-refractivity contribution in [2.75, 3.05) is 39.4 Å². The first-order valence-corrected chi connectivity index (χ1v) is 11.0. The molecule has 0 aromatic carbocycles. The molecule has 2 fully saturated rings. The number of nitrogens with zero attached hydrogens (tertiary/aromatic N) is 2. The number of hydrogen-bond donors (Lipinski definition) is 1. The van der Waals surface area contributed by atoms with E-state index in [-0.39, 0.29) is 23.6 Å². The standard InChI is InChI=1S/C21H25N3O5S/c25-19(17-4-2-14-30-17)22-18(21(27)24-9-12-28-13-10-24)15-5-7-23(8-6-15)20(26)16-3-1-11-29-16/h1-4,11,14-15,18H,5-10,12-13H2,(H,22,25). The summed E-state index contributed by atoms with van der Waals surface area (Å²) in [6.07, 6.45) is 2.76. The number of morpholine rings is 1. The highest BCUT2D eigenvalue weighted by atomic mass is 32.1. The van der Waals surface area contributed by atoms with Crippen LogP contribution in [0.5, 0.6) is 0 Å². The Morgan fingerprint density at radius 2 is 1.80 bits per heavy atom. The van der Waals surface area contributed by atoms with E-state index in [2.05, 4.69) is 5.32 Å². The lowest BCUT2D eigenvalue weighted by Crippen LogP contribution is -2.56. The summed E-state index contributed by atoms with van der Waals surface area (Å²) in [4.78, 5) is 42.6. The quantitative estimate of drug-likeness (QED) is 0.780.